The van der Waals surface area contributed by atoms with Crippen LogP contribution in [0.3, 0.4) is 0 Å². The van der Waals surface area contributed by atoms with Gasteiger partial charge in [-0.25, -0.2) is 9.18 Å². The summed E-state index contributed by atoms with van der Waals surface area (Å²) < 4.78 is 22.0. The summed E-state index contributed by atoms with van der Waals surface area (Å²) in [6.07, 6.45) is 0. The van der Waals surface area contributed by atoms with E-state index in [2.05, 4.69) is 0 Å². The van der Waals surface area contributed by atoms with E-state index in [0.29, 0.717) is 12.2 Å². The van der Waals surface area contributed by atoms with E-state index in [1.807, 2.05) is 0 Å². The van der Waals surface area contributed by atoms with E-state index >= 15 is 0 Å². The highest BCUT2D eigenvalue weighted by molar-refractivity contribution is 5.89. The van der Waals surface area contributed by atoms with Crippen LogP contribution in [0.2, 0.25) is 0 Å². The Morgan fingerprint density at radius 1 is 1.36 bits per heavy atom. The highest BCUT2D eigenvalue weighted by Crippen LogP contribution is 2.04. The molecule has 0 N–H and O–H groups in total. The lowest BCUT2D eigenvalue weighted by molar-refractivity contribution is -0.0274. The van der Waals surface area contributed by atoms with Gasteiger partial charge in [-0.1, -0.05) is 0 Å². The summed E-state index contributed by atoms with van der Waals surface area (Å²) in [7, 11) is 0. The Balaban J connectivity index is 2.48. The Hall–Kier alpha value is -1.42. The first-order valence-electron chi connectivity index (χ1n) is 4.24. The molecule has 3 nitrogen and oxygen atoms in total. The van der Waals surface area contributed by atoms with Crippen molar-refractivity contribution in [3.63, 3.8) is 0 Å². The molecule has 0 aromatic heterocycles. The van der Waals surface area contributed by atoms with Crippen LogP contribution in [0.4, 0.5) is 4.39 Å². The smallest absolute Gasteiger partial charge is 0.340 e. The predicted molar refractivity (Wildman–Crippen MR) is 48.3 cm³/mol. The number of halogens is 1. The van der Waals surface area contributed by atoms with Gasteiger partial charge in [-0.15, -0.1) is 0 Å². The maximum absolute atomic E-state index is 12.5. The summed E-state index contributed by atoms with van der Waals surface area (Å²) in [5.41, 5.74) is 0.311. The van der Waals surface area contributed by atoms with E-state index < -0.39 is 5.97 Å². The molecule has 0 saturated carbocycles. The third-order valence-electron chi connectivity index (χ3n) is 1.56. The molecule has 1 aromatic carbocycles. The molecule has 0 fully saturated rings. The maximum Gasteiger partial charge on any atom is 0.340 e. The van der Waals surface area contributed by atoms with Crippen LogP contribution in [0.5, 0.6) is 0 Å². The van der Waals surface area contributed by atoms with Crippen molar-refractivity contribution >= 4 is 5.97 Å². The molecule has 0 unspecified atom stereocenters. The summed E-state index contributed by atoms with van der Waals surface area (Å²) in [6.45, 7) is 2.20. The molecule has 0 spiro atoms. The molecule has 14 heavy (non-hydrogen) atoms. The molecule has 1 aromatic rings. The minimum atomic E-state index is -0.515. The molecule has 0 aliphatic heterocycles. The molecule has 1 rings (SSSR count). The van der Waals surface area contributed by atoms with Crippen molar-refractivity contribution in [2.75, 3.05) is 13.4 Å². The van der Waals surface area contributed by atoms with E-state index in [1.54, 1.807) is 6.92 Å². The van der Waals surface area contributed by atoms with Crippen molar-refractivity contribution < 1.29 is 18.7 Å². The minimum absolute atomic E-state index is 0.0767. The Morgan fingerprint density at radius 3 is 2.57 bits per heavy atom. The molecule has 0 radical (unpaired) electrons. The summed E-state index contributed by atoms with van der Waals surface area (Å²) in [4.78, 5) is 11.2. The molecular formula is C10H11FO3. The Labute approximate surface area is 81.4 Å². The second-order valence-corrected chi connectivity index (χ2v) is 2.55. The van der Waals surface area contributed by atoms with E-state index in [0.717, 1.165) is 0 Å². The highest BCUT2D eigenvalue weighted by Gasteiger charge is 2.05. The van der Waals surface area contributed by atoms with Crippen molar-refractivity contribution in [1.29, 1.82) is 0 Å². The first-order valence-corrected chi connectivity index (χ1v) is 4.24. The summed E-state index contributed by atoms with van der Waals surface area (Å²) in [5.74, 6) is -0.898. The van der Waals surface area contributed by atoms with Gasteiger partial charge in [0.25, 0.3) is 0 Å². The van der Waals surface area contributed by atoms with Gasteiger partial charge < -0.3 is 9.47 Å². The van der Waals surface area contributed by atoms with Crippen LogP contribution in [0.15, 0.2) is 24.3 Å². The number of carbonyl (C=O) groups excluding carboxylic acids is 1. The largest absolute Gasteiger partial charge is 0.435 e. The second kappa shape index (κ2) is 5.34. The molecule has 0 heterocycles. The lowest BCUT2D eigenvalue weighted by Crippen LogP contribution is -2.08. The third-order valence-corrected chi connectivity index (χ3v) is 1.56. The van der Waals surface area contributed by atoms with Crippen molar-refractivity contribution in [3.8, 4) is 0 Å². The molecular weight excluding hydrogens is 187 g/mol. The average molecular weight is 198 g/mol. The highest BCUT2D eigenvalue weighted by atomic mass is 19.1. The van der Waals surface area contributed by atoms with Gasteiger partial charge in [-0.3, -0.25) is 0 Å². The van der Waals surface area contributed by atoms with Crippen LogP contribution < -0.4 is 0 Å². The van der Waals surface area contributed by atoms with Crippen LogP contribution in [0.1, 0.15) is 17.3 Å². The molecule has 4 heteroatoms. The molecule has 0 bridgehead atoms. The van der Waals surface area contributed by atoms with E-state index in [4.69, 9.17) is 9.47 Å². The van der Waals surface area contributed by atoms with Gasteiger partial charge in [0.05, 0.1) is 5.56 Å². The number of esters is 1. The second-order valence-electron chi connectivity index (χ2n) is 2.55. The zero-order valence-electron chi connectivity index (χ0n) is 7.83. The van der Waals surface area contributed by atoms with E-state index in [-0.39, 0.29) is 12.6 Å². The Morgan fingerprint density at radius 2 is 2.00 bits per heavy atom. The monoisotopic (exact) mass is 198 g/mol. The van der Waals surface area contributed by atoms with Crippen LogP contribution in [-0.2, 0) is 9.47 Å². The number of benzene rings is 1. The molecule has 76 valence electrons. The van der Waals surface area contributed by atoms with Crippen LogP contribution in [-0.4, -0.2) is 19.4 Å². The standard InChI is InChI=1S/C10H11FO3/c1-2-13-7-14-10(12)8-3-5-9(11)6-4-8/h3-6H,2,7H2,1H3. The Bertz CT molecular complexity index is 295. The van der Waals surface area contributed by atoms with Gasteiger partial charge in [0, 0.05) is 6.61 Å². The number of rotatable bonds is 4. The zero-order chi connectivity index (χ0) is 10.4. The van der Waals surface area contributed by atoms with Crippen molar-refractivity contribution in [1.82, 2.24) is 0 Å². The van der Waals surface area contributed by atoms with Gasteiger partial charge in [0.2, 0.25) is 0 Å². The SMILES string of the molecule is CCOCOC(=O)c1ccc(F)cc1. The number of ether oxygens (including phenoxy) is 2. The molecule has 0 aliphatic rings. The maximum atomic E-state index is 12.5. The fourth-order valence-electron chi connectivity index (χ4n) is 0.848. The third kappa shape index (κ3) is 3.14. The van der Waals surface area contributed by atoms with Gasteiger partial charge in [0.1, 0.15) is 5.82 Å². The first-order chi connectivity index (χ1) is 6.74. The number of hydrogen-bond acceptors (Lipinski definition) is 3. The lowest BCUT2D eigenvalue weighted by atomic mass is 10.2. The molecule has 0 atom stereocenters. The Kier molecular flexibility index (Phi) is 4.07. The van der Waals surface area contributed by atoms with Gasteiger partial charge in [-0.05, 0) is 31.2 Å². The van der Waals surface area contributed by atoms with Crippen molar-refractivity contribution in [2.24, 2.45) is 0 Å². The number of hydrogen-bond donors (Lipinski definition) is 0. The first kappa shape index (κ1) is 10.7. The van der Waals surface area contributed by atoms with Gasteiger partial charge in [0.15, 0.2) is 6.79 Å². The van der Waals surface area contributed by atoms with Crippen molar-refractivity contribution in [3.05, 3.63) is 35.6 Å². The summed E-state index contributed by atoms with van der Waals surface area (Å²) in [6, 6.07) is 5.14. The van der Waals surface area contributed by atoms with Crippen LogP contribution >= 0.6 is 0 Å². The minimum Gasteiger partial charge on any atom is -0.435 e. The van der Waals surface area contributed by atoms with Crippen LogP contribution in [0, 0.1) is 5.82 Å². The summed E-state index contributed by atoms with van der Waals surface area (Å²) in [5, 5.41) is 0. The van der Waals surface area contributed by atoms with E-state index in [9.17, 15) is 9.18 Å². The molecule has 0 saturated heterocycles. The van der Waals surface area contributed by atoms with E-state index in [1.165, 1.54) is 24.3 Å². The van der Waals surface area contributed by atoms with Crippen LogP contribution in [0.25, 0.3) is 0 Å². The molecule has 0 aliphatic carbocycles. The summed E-state index contributed by atoms with van der Waals surface area (Å²) >= 11 is 0. The topological polar surface area (TPSA) is 35.5 Å². The lowest BCUT2D eigenvalue weighted by Gasteiger charge is -2.03. The molecule has 0 amide bonds. The number of carbonyl (C=O) groups is 1. The van der Waals surface area contributed by atoms with Gasteiger partial charge in [-0.2, -0.15) is 0 Å². The average Bonchev–Trinajstić information content (AvgIpc) is 2.19. The zero-order valence-corrected chi connectivity index (χ0v) is 7.83. The predicted octanol–water partition coefficient (Wildman–Crippen LogP) is 1.98. The normalized spacial score (nSPS) is 9.86. The quantitative estimate of drug-likeness (QED) is 0.421. The van der Waals surface area contributed by atoms with Crippen molar-refractivity contribution in [2.45, 2.75) is 6.92 Å². The van der Waals surface area contributed by atoms with Gasteiger partial charge >= 0.3 is 5.97 Å². The fourth-order valence-corrected chi connectivity index (χ4v) is 0.848. The fraction of sp³-hybridized carbons (Fsp3) is 0.300.